The van der Waals surface area contributed by atoms with Gasteiger partial charge in [0, 0.05) is 11.4 Å². The van der Waals surface area contributed by atoms with Gasteiger partial charge in [0.1, 0.15) is 0 Å². The van der Waals surface area contributed by atoms with Crippen LogP contribution >= 0.6 is 11.6 Å². The maximum absolute atomic E-state index is 13.2. The lowest BCUT2D eigenvalue weighted by molar-refractivity contribution is -0.116. The first-order chi connectivity index (χ1) is 15.6. The van der Waals surface area contributed by atoms with Crippen molar-refractivity contribution in [2.45, 2.75) is 5.92 Å². The van der Waals surface area contributed by atoms with Gasteiger partial charge in [-0.2, -0.15) is 0 Å². The van der Waals surface area contributed by atoms with E-state index in [1.165, 1.54) is 0 Å². The molecule has 5 heteroatoms. The number of nitrogens with one attached hydrogen (secondary N) is 2. The largest absolute Gasteiger partial charge is 0.325 e. The van der Waals surface area contributed by atoms with Gasteiger partial charge in [0.25, 0.3) is 5.91 Å². The Bertz CT molecular complexity index is 1170. The summed E-state index contributed by atoms with van der Waals surface area (Å²) in [5.41, 5.74) is 3.48. The molecule has 0 fully saturated rings. The predicted octanol–water partition coefficient (Wildman–Crippen LogP) is 6.36. The van der Waals surface area contributed by atoms with E-state index in [0.717, 1.165) is 11.1 Å². The highest BCUT2D eigenvalue weighted by Gasteiger charge is 2.22. The molecule has 2 amide bonds. The van der Waals surface area contributed by atoms with Crippen molar-refractivity contribution < 1.29 is 9.59 Å². The van der Waals surface area contributed by atoms with Crippen molar-refractivity contribution in [3.63, 3.8) is 0 Å². The van der Waals surface area contributed by atoms with Gasteiger partial charge < -0.3 is 10.6 Å². The van der Waals surface area contributed by atoms with Gasteiger partial charge in [0.05, 0.1) is 16.5 Å². The molecule has 32 heavy (non-hydrogen) atoms. The van der Waals surface area contributed by atoms with E-state index in [9.17, 15) is 9.59 Å². The lowest BCUT2D eigenvalue weighted by Crippen LogP contribution is -2.22. The first-order valence-corrected chi connectivity index (χ1v) is 10.6. The molecule has 0 heterocycles. The van der Waals surface area contributed by atoms with Crippen LogP contribution < -0.4 is 10.6 Å². The van der Waals surface area contributed by atoms with Crippen molar-refractivity contribution in [1.82, 2.24) is 0 Å². The molecular weight excluding hydrogens is 420 g/mol. The summed E-state index contributed by atoms with van der Waals surface area (Å²) in [6.45, 7) is 0. The van der Waals surface area contributed by atoms with Gasteiger partial charge >= 0.3 is 0 Å². The number of hydrogen-bond acceptors (Lipinski definition) is 2. The van der Waals surface area contributed by atoms with Gasteiger partial charge in [0.15, 0.2) is 0 Å². The molecule has 158 valence electrons. The quantitative estimate of drug-likeness (QED) is 0.366. The SMILES string of the molecule is O=C(Nc1ccc(NC(=O)C(c2ccccc2)c2ccccc2)cc1)c1ccccc1Cl. The Morgan fingerprint density at radius 3 is 1.59 bits per heavy atom. The molecule has 4 aromatic carbocycles. The number of hydrogen-bond donors (Lipinski definition) is 2. The molecule has 2 N–H and O–H groups in total. The number of carbonyl (C=O) groups is 2. The lowest BCUT2D eigenvalue weighted by Gasteiger charge is -2.18. The predicted molar refractivity (Wildman–Crippen MR) is 129 cm³/mol. The Hall–Kier alpha value is -3.89. The van der Waals surface area contributed by atoms with Crippen molar-refractivity contribution in [3.8, 4) is 0 Å². The van der Waals surface area contributed by atoms with Crippen LogP contribution in [0.1, 0.15) is 27.4 Å². The smallest absolute Gasteiger partial charge is 0.257 e. The maximum Gasteiger partial charge on any atom is 0.257 e. The summed E-state index contributed by atoms with van der Waals surface area (Å²) in [7, 11) is 0. The standard InChI is InChI=1S/C27H21ClN2O2/c28-24-14-8-7-13-23(24)26(31)29-21-15-17-22(18-16-21)30-27(32)25(19-9-3-1-4-10-19)20-11-5-2-6-12-20/h1-18,25H,(H,29,31)(H,30,32). The maximum atomic E-state index is 13.2. The van der Waals surface area contributed by atoms with Crippen LogP contribution in [0.3, 0.4) is 0 Å². The number of halogens is 1. The van der Waals surface area contributed by atoms with E-state index in [1.54, 1.807) is 48.5 Å². The second-order valence-corrected chi connectivity index (χ2v) is 7.66. The van der Waals surface area contributed by atoms with Crippen molar-refractivity contribution in [1.29, 1.82) is 0 Å². The number of carbonyl (C=O) groups excluding carboxylic acids is 2. The third-order valence-electron chi connectivity index (χ3n) is 5.06. The average molecular weight is 441 g/mol. The zero-order chi connectivity index (χ0) is 22.3. The third kappa shape index (κ3) is 5.05. The Labute approximate surface area is 191 Å². The molecule has 4 nitrogen and oxygen atoms in total. The molecule has 0 saturated heterocycles. The Morgan fingerprint density at radius 2 is 1.06 bits per heavy atom. The van der Waals surface area contributed by atoms with Gasteiger partial charge in [-0.1, -0.05) is 84.4 Å². The summed E-state index contributed by atoms with van der Waals surface area (Å²) >= 11 is 6.09. The summed E-state index contributed by atoms with van der Waals surface area (Å²) in [6, 6.07) is 33.2. The fraction of sp³-hybridized carbons (Fsp3) is 0.0370. The van der Waals surface area contributed by atoms with E-state index in [4.69, 9.17) is 11.6 Å². The Morgan fingerprint density at radius 1 is 0.594 bits per heavy atom. The van der Waals surface area contributed by atoms with Gasteiger partial charge in [-0.25, -0.2) is 0 Å². The van der Waals surface area contributed by atoms with E-state index in [-0.39, 0.29) is 11.8 Å². The van der Waals surface area contributed by atoms with Crippen LogP contribution in [0.2, 0.25) is 5.02 Å². The molecule has 0 unspecified atom stereocenters. The highest BCUT2D eigenvalue weighted by atomic mass is 35.5. The summed E-state index contributed by atoms with van der Waals surface area (Å²) in [5.74, 6) is -0.854. The van der Waals surface area contributed by atoms with Crippen LogP contribution in [0.15, 0.2) is 109 Å². The van der Waals surface area contributed by atoms with Crippen LogP contribution in [0.25, 0.3) is 0 Å². The molecular formula is C27H21ClN2O2. The summed E-state index contributed by atoms with van der Waals surface area (Å²) in [5, 5.41) is 6.20. The molecule has 0 radical (unpaired) electrons. The zero-order valence-corrected chi connectivity index (χ0v) is 17.9. The molecule has 4 rings (SSSR count). The van der Waals surface area contributed by atoms with Gasteiger partial charge in [-0.3, -0.25) is 9.59 Å². The van der Waals surface area contributed by atoms with Gasteiger partial charge in [0.2, 0.25) is 5.91 Å². The minimum absolute atomic E-state index is 0.129. The molecule has 0 saturated carbocycles. The molecule has 0 atom stereocenters. The average Bonchev–Trinajstić information content (AvgIpc) is 2.82. The summed E-state index contributed by atoms with van der Waals surface area (Å²) in [6.07, 6.45) is 0. The van der Waals surface area contributed by atoms with Gasteiger partial charge in [-0.05, 0) is 47.5 Å². The van der Waals surface area contributed by atoms with E-state index in [1.807, 2.05) is 60.7 Å². The number of amides is 2. The molecule has 0 aromatic heterocycles. The van der Waals surface area contributed by atoms with Crippen molar-refractivity contribution in [2.75, 3.05) is 10.6 Å². The molecule has 0 aliphatic carbocycles. The fourth-order valence-electron chi connectivity index (χ4n) is 3.48. The molecule has 4 aromatic rings. The van der Waals surface area contributed by atoms with Crippen LogP contribution in [0, 0.1) is 0 Å². The molecule has 0 aliphatic rings. The number of rotatable bonds is 6. The highest BCUT2D eigenvalue weighted by molar-refractivity contribution is 6.34. The Kier molecular flexibility index (Phi) is 6.63. The fourth-order valence-corrected chi connectivity index (χ4v) is 3.70. The van der Waals surface area contributed by atoms with Crippen LogP contribution in [-0.4, -0.2) is 11.8 Å². The Balaban J connectivity index is 1.49. The van der Waals surface area contributed by atoms with E-state index >= 15 is 0 Å². The number of anilines is 2. The normalized spacial score (nSPS) is 10.6. The van der Waals surface area contributed by atoms with E-state index in [2.05, 4.69) is 10.6 Å². The number of benzene rings is 4. The highest BCUT2D eigenvalue weighted by Crippen LogP contribution is 2.27. The van der Waals surface area contributed by atoms with Crippen LogP contribution in [-0.2, 0) is 4.79 Å². The minimum Gasteiger partial charge on any atom is -0.325 e. The minimum atomic E-state index is -0.433. The van der Waals surface area contributed by atoms with Crippen LogP contribution in [0.5, 0.6) is 0 Å². The van der Waals surface area contributed by atoms with E-state index in [0.29, 0.717) is 22.0 Å². The summed E-state index contributed by atoms with van der Waals surface area (Å²) < 4.78 is 0. The lowest BCUT2D eigenvalue weighted by atomic mass is 9.90. The molecule has 0 spiro atoms. The monoisotopic (exact) mass is 440 g/mol. The van der Waals surface area contributed by atoms with Crippen LogP contribution in [0.4, 0.5) is 11.4 Å². The van der Waals surface area contributed by atoms with E-state index < -0.39 is 5.92 Å². The van der Waals surface area contributed by atoms with Gasteiger partial charge in [-0.15, -0.1) is 0 Å². The second kappa shape index (κ2) is 9.94. The topological polar surface area (TPSA) is 58.2 Å². The van der Waals surface area contributed by atoms with Crippen molar-refractivity contribution in [2.24, 2.45) is 0 Å². The second-order valence-electron chi connectivity index (χ2n) is 7.25. The molecule has 0 aliphatic heterocycles. The zero-order valence-electron chi connectivity index (χ0n) is 17.2. The van der Waals surface area contributed by atoms with Crippen molar-refractivity contribution >= 4 is 34.8 Å². The third-order valence-corrected chi connectivity index (χ3v) is 5.39. The first-order valence-electron chi connectivity index (χ1n) is 10.2. The molecule has 0 bridgehead atoms. The first kappa shape index (κ1) is 21.3. The summed E-state index contributed by atoms with van der Waals surface area (Å²) in [4.78, 5) is 25.6. The van der Waals surface area contributed by atoms with Crippen molar-refractivity contribution in [3.05, 3.63) is 131 Å².